The first kappa shape index (κ1) is 13.8. The molecule has 0 saturated carbocycles. The van der Waals surface area contributed by atoms with Crippen molar-refractivity contribution >= 4 is 0 Å². The topological polar surface area (TPSA) is 55.9 Å². The van der Waals surface area contributed by atoms with E-state index in [4.69, 9.17) is 5.84 Å². The third-order valence-corrected chi connectivity index (χ3v) is 3.38. The number of aromatic nitrogens is 2. The van der Waals surface area contributed by atoms with Gasteiger partial charge in [0.1, 0.15) is 0 Å². The van der Waals surface area contributed by atoms with E-state index in [2.05, 4.69) is 47.9 Å². The van der Waals surface area contributed by atoms with E-state index in [1.54, 1.807) is 0 Å². The van der Waals surface area contributed by atoms with Crippen molar-refractivity contribution in [2.24, 2.45) is 5.84 Å². The van der Waals surface area contributed by atoms with Crippen LogP contribution in [0.1, 0.15) is 36.9 Å². The molecule has 0 saturated heterocycles. The summed E-state index contributed by atoms with van der Waals surface area (Å²) in [5.74, 6) is 5.65. The molecule has 0 amide bonds. The molecule has 19 heavy (non-hydrogen) atoms. The van der Waals surface area contributed by atoms with Gasteiger partial charge in [0.2, 0.25) is 0 Å². The molecule has 102 valence electrons. The Kier molecular flexibility index (Phi) is 5.12. The Labute approximate surface area is 114 Å². The van der Waals surface area contributed by atoms with Gasteiger partial charge < -0.3 is 0 Å². The van der Waals surface area contributed by atoms with Crippen molar-refractivity contribution in [1.82, 2.24) is 15.2 Å². The number of aryl methyl sites for hydroxylation is 2. The predicted octanol–water partition coefficient (Wildman–Crippen LogP) is 2.43. The molecular formula is C15H22N4. The first-order chi connectivity index (χ1) is 9.33. The van der Waals surface area contributed by atoms with Crippen molar-refractivity contribution in [2.75, 3.05) is 0 Å². The van der Waals surface area contributed by atoms with Crippen LogP contribution in [-0.4, -0.2) is 9.78 Å². The van der Waals surface area contributed by atoms with Crippen molar-refractivity contribution in [3.8, 4) is 0 Å². The molecule has 1 unspecified atom stereocenters. The Hall–Kier alpha value is -1.65. The summed E-state index contributed by atoms with van der Waals surface area (Å²) >= 11 is 0. The van der Waals surface area contributed by atoms with Gasteiger partial charge in [0.05, 0.1) is 6.20 Å². The van der Waals surface area contributed by atoms with Crippen molar-refractivity contribution in [1.29, 1.82) is 0 Å². The first-order valence-corrected chi connectivity index (χ1v) is 6.86. The largest absolute Gasteiger partial charge is 0.273 e. The molecule has 3 N–H and O–H groups in total. The van der Waals surface area contributed by atoms with E-state index in [1.807, 2.05) is 16.9 Å². The molecule has 0 radical (unpaired) electrons. The molecule has 0 bridgehead atoms. The van der Waals surface area contributed by atoms with E-state index < -0.39 is 0 Å². The van der Waals surface area contributed by atoms with Crippen LogP contribution in [0.2, 0.25) is 0 Å². The Morgan fingerprint density at radius 1 is 1.32 bits per heavy atom. The Balaban J connectivity index is 1.86. The van der Waals surface area contributed by atoms with Crippen LogP contribution >= 0.6 is 0 Å². The minimum Gasteiger partial charge on any atom is -0.273 e. The highest BCUT2D eigenvalue weighted by molar-refractivity contribution is 5.15. The van der Waals surface area contributed by atoms with Gasteiger partial charge in [0.25, 0.3) is 0 Å². The summed E-state index contributed by atoms with van der Waals surface area (Å²) < 4.78 is 1.93. The average molecular weight is 258 g/mol. The lowest BCUT2D eigenvalue weighted by molar-refractivity contribution is 0.498. The number of hydrogen-bond acceptors (Lipinski definition) is 3. The SMILES string of the molecule is CCn1cc(C(CCCc2ccccc2)NN)cn1. The Morgan fingerprint density at radius 3 is 2.74 bits per heavy atom. The smallest absolute Gasteiger partial charge is 0.0538 e. The number of hydrogen-bond donors (Lipinski definition) is 2. The number of nitrogens with zero attached hydrogens (tertiary/aromatic N) is 2. The van der Waals surface area contributed by atoms with Crippen LogP contribution in [0.5, 0.6) is 0 Å². The zero-order valence-corrected chi connectivity index (χ0v) is 11.4. The van der Waals surface area contributed by atoms with Gasteiger partial charge in [0.15, 0.2) is 0 Å². The van der Waals surface area contributed by atoms with E-state index in [9.17, 15) is 0 Å². The van der Waals surface area contributed by atoms with Crippen LogP contribution in [0.3, 0.4) is 0 Å². The number of nitrogens with one attached hydrogen (secondary N) is 1. The lowest BCUT2D eigenvalue weighted by atomic mass is 10.0. The van der Waals surface area contributed by atoms with Crippen LogP contribution in [0.4, 0.5) is 0 Å². The normalized spacial score (nSPS) is 12.5. The summed E-state index contributed by atoms with van der Waals surface area (Å²) in [6.45, 7) is 2.97. The van der Waals surface area contributed by atoms with Gasteiger partial charge in [-0.2, -0.15) is 5.10 Å². The number of benzene rings is 1. The summed E-state index contributed by atoms with van der Waals surface area (Å²) in [5, 5.41) is 4.29. The third-order valence-electron chi connectivity index (χ3n) is 3.38. The van der Waals surface area contributed by atoms with Crippen LogP contribution in [0, 0.1) is 0 Å². The third kappa shape index (κ3) is 3.91. The molecule has 0 aliphatic rings. The van der Waals surface area contributed by atoms with Gasteiger partial charge in [-0.05, 0) is 31.7 Å². The monoisotopic (exact) mass is 258 g/mol. The molecule has 4 heteroatoms. The highest BCUT2D eigenvalue weighted by Gasteiger charge is 2.11. The molecule has 0 fully saturated rings. The zero-order chi connectivity index (χ0) is 13.5. The summed E-state index contributed by atoms with van der Waals surface area (Å²) in [4.78, 5) is 0. The maximum absolute atomic E-state index is 5.65. The fourth-order valence-electron chi connectivity index (χ4n) is 2.23. The molecule has 2 aromatic rings. The van der Waals surface area contributed by atoms with Gasteiger partial charge in [-0.15, -0.1) is 0 Å². The maximum atomic E-state index is 5.65. The highest BCUT2D eigenvalue weighted by atomic mass is 15.3. The van der Waals surface area contributed by atoms with Gasteiger partial charge in [-0.1, -0.05) is 30.3 Å². The second kappa shape index (κ2) is 7.07. The first-order valence-electron chi connectivity index (χ1n) is 6.86. The van der Waals surface area contributed by atoms with E-state index in [1.165, 1.54) is 5.56 Å². The highest BCUT2D eigenvalue weighted by Crippen LogP contribution is 2.18. The quantitative estimate of drug-likeness (QED) is 0.592. The number of hydrazine groups is 1. The summed E-state index contributed by atoms with van der Waals surface area (Å²) in [6.07, 6.45) is 7.17. The summed E-state index contributed by atoms with van der Waals surface area (Å²) in [6, 6.07) is 10.7. The van der Waals surface area contributed by atoms with Crippen molar-refractivity contribution in [3.05, 3.63) is 53.9 Å². The number of rotatable bonds is 7. The molecule has 4 nitrogen and oxygen atoms in total. The molecule has 1 atom stereocenters. The van der Waals surface area contributed by atoms with Gasteiger partial charge in [-0.3, -0.25) is 16.0 Å². The minimum atomic E-state index is 0.184. The standard InChI is InChI=1S/C15H22N4/c1-2-19-12-14(11-17-19)15(18-16)10-6-9-13-7-4-3-5-8-13/h3-5,7-8,11-12,15,18H,2,6,9-10,16H2,1H3. The fourth-order valence-corrected chi connectivity index (χ4v) is 2.23. The minimum absolute atomic E-state index is 0.184. The Morgan fingerprint density at radius 2 is 2.11 bits per heavy atom. The predicted molar refractivity (Wildman–Crippen MR) is 77.3 cm³/mol. The molecule has 0 aliphatic carbocycles. The summed E-state index contributed by atoms with van der Waals surface area (Å²) in [5.41, 5.74) is 5.43. The molecule has 1 aromatic heterocycles. The lowest BCUT2D eigenvalue weighted by Crippen LogP contribution is -2.27. The molecule has 0 spiro atoms. The zero-order valence-electron chi connectivity index (χ0n) is 11.4. The molecule has 0 aliphatic heterocycles. The van der Waals surface area contributed by atoms with Crippen molar-refractivity contribution < 1.29 is 0 Å². The lowest BCUT2D eigenvalue weighted by Gasteiger charge is -2.13. The molecule has 1 aromatic carbocycles. The van der Waals surface area contributed by atoms with E-state index >= 15 is 0 Å². The molecular weight excluding hydrogens is 236 g/mol. The van der Waals surface area contributed by atoms with Crippen LogP contribution in [0.25, 0.3) is 0 Å². The second-order valence-electron chi connectivity index (χ2n) is 4.73. The summed E-state index contributed by atoms with van der Waals surface area (Å²) in [7, 11) is 0. The Bertz CT molecular complexity index is 478. The van der Waals surface area contributed by atoms with E-state index in [-0.39, 0.29) is 6.04 Å². The van der Waals surface area contributed by atoms with Gasteiger partial charge in [0, 0.05) is 24.3 Å². The van der Waals surface area contributed by atoms with Crippen LogP contribution in [-0.2, 0) is 13.0 Å². The second-order valence-corrected chi connectivity index (χ2v) is 4.73. The van der Waals surface area contributed by atoms with Crippen LogP contribution < -0.4 is 11.3 Å². The van der Waals surface area contributed by atoms with E-state index in [0.717, 1.165) is 31.4 Å². The number of nitrogens with two attached hydrogens (primary N) is 1. The van der Waals surface area contributed by atoms with Crippen molar-refractivity contribution in [3.63, 3.8) is 0 Å². The van der Waals surface area contributed by atoms with Crippen LogP contribution in [0.15, 0.2) is 42.7 Å². The maximum Gasteiger partial charge on any atom is 0.0538 e. The fraction of sp³-hybridized carbons (Fsp3) is 0.400. The van der Waals surface area contributed by atoms with Crippen molar-refractivity contribution in [2.45, 2.75) is 38.8 Å². The average Bonchev–Trinajstić information content (AvgIpc) is 2.93. The van der Waals surface area contributed by atoms with Gasteiger partial charge in [-0.25, -0.2) is 0 Å². The van der Waals surface area contributed by atoms with Gasteiger partial charge >= 0.3 is 0 Å². The van der Waals surface area contributed by atoms with E-state index in [0.29, 0.717) is 0 Å². The molecule has 1 heterocycles. The molecule has 2 rings (SSSR count).